The average molecular weight is 230 g/mol. The standard InChI is InChI=1S/C12H10N2O3/c13-14-11(7-4-8-15)12(16)17-9-10-5-2-1-3-6-10/h1-8H,9H2/b7-4+. The van der Waals surface area contributed by atoms with Gasteiger partial charge >= 0.3 is 11.7 Å². The number of esters is 1. The van der Waals surface area contributed by atoms with Crippen molar-refractivity contribution in [1.82, 2.24) is 0 Å². The molecule has 86 valence electrons. The van der Waals surface area contributed by atoms with Gasteiger partial charge in [-0.3, -0.25) is 4.79 Å². The monoisotopic (exact) mass is 230 g/mol. The summed E-state index contributed by atoms with van der Waals surface area (Å²) in [5, 5.41) is 0. The highest BCUT2D eigenvalue weighted by molar-refractivity contribution is 6.38. The molecule has 1 aromatic carbocycles. The number of nitrogens with zero attached hydrogens (tertiary/aromatic N) is 2. The summed E-state index contributed by atoms with van der Waals surface area (Å²) in [6.07, 6.45) is 2.58. The maximum atomic E-state index is 11.4. The van der Waals surface area contributed by atoms with Gasteiger partial charge in [0.25, 0.3) is 0 Å². The molecular formula is C12H10N2O3. The largest absolute Gasteiger partial charge is 0.452 e. The topological polar surface area (TPSA) is 79.8 Å². The van der Waals surface area contributed by atoms with Crippen molar-refractivity contribution < 1.29 is 19.1 Å². The second-order valence-electron chi connectivity index (χ2n) is 3.04. The predicted molar refractivity (Wildman–Crippen MR) is 60.1 cm³/mol. The van der Waals surface area contributed by atoms with Gasteiger partial charge in [0, 0.05) is 6.08 Å². The summed E-state index contributed by atoms with van der Waals surface area (Å²) in [7, 11) is 0. The second kappa shape index (κ2) is 6.87. The molecule has 0 heterocycles. The van der Waals surface area contributed by atoms with Gasteiger partial charge in [-0.2, -0.15) is 4.79 Å². The molecule has 0 aliphatic heterocycles. The van der Waals surface area contributed by atoms with Gasteiger partial charge in [-0.25, -0.2) is 4.79 Å². The van der Waals surface area contributed by atoms with Crippen LogP contribution >= 0.6 is 0 Å². The van der Waals surface area contributed by atoms with Gasteiger partial charge in [-0.15, -0.1) is 0 Å². The molecular weight excluding hydrogens is 220 g/mol. The van der Waals surface area contributed by atoms with E-state index in [1.807, 2.05) is 18.2 Å². The summed E-state index contributed by atoms with van der Waals surface area (Å²) in [4.78, 5) is 24.2. The van der Waals surface area contributed by atoms with Crippen molar-refractivity contribution in [3.05, 3.63) is 53.6 Å². The summed E-state index contributed by atoms with van der Waals surface area (Å²) in [5.74, 6) is -0.797. The molecule has 0 radical (unpaired) electrons. The van der Waals surface area contributed by atoms with Crippen LogP contribution in [-0.4, -0.2) is 22.8 Å². The normalized spacial score (nSPS) is 9.65. The van der Waals surface area contributed by atoms with Crippen LogP contribution in [0.25, 0.3) is 5.53 Å². The van der Waals surface area contributed by atoms with Gasteiger partial charge in [0.1, 0.15) is 12.9 Å². The minimum Gasteiger partial charge on any atom is -0.452 e. The maximum Gasteiger partial charge on any atom is 0.421 e. The Hall–Kier alpha value is -2.52. The first-order valence-electron chi connectivity index (χ1n) is 4.83. The van der Waals surface area contributed by atoms with E-state index in [1.54, 1.807) is 12.1 Å². The Morgan fingerprint density at radius 3 is 2.65 bits per heavy atom. The Bertz CT molecular complexity index is 474. The smallest absolute Gasteiger partial charge is 0.421 e. The van der Waals surface area contributed by atoms with Crippen molar-refractivity contribution in [2.24, 2.45) is 0 Å². The third-order valence-electron chi connectivity index (χ3n) is 1.86. The lowest BCUT2D eigenvalue weighted by Gasteiger charge is -2.00. The predicted octanol–water partition coefficient (Wildman–Crippen LogP) is 1.16. The molecule has 0 aromatic heterocycles. The summed E-state index contributed by atoms with van der Waals surface area (Å²) >= 11 is 0. The van der Waals surface area contributed by atoms with Crippen molar-refractivity contribution in [3.63, 3.8) is 0 Å². The Labute approximate surface area is 98.0 Å². The van der Waals surface area contributed by atoms with E-state index >= 15 is 0 Å². The molecule has 1 aromatic rings. The number of ether oxygens (including phenoxy) is 1. The fourth-order valence-corrected chi connectivity index (χ4v) is 1.07. The van der Waals surface area contributed by atoms with Crippen LogP contribution in [0.5, 0.6) is 0 Å². The van der Waals surface area contributed by atoms with Crippen LogP contribution in [0.4, 0.5) is 0 Å². The molecule has 0 bridgehead atoms. The number of aldehydes is 1. The number of allylic oxidation sites excluding steroid dienone is 1. The van der Waals surface area contributed by atoms with Crippen LogP contribution in [0.1, 0.15) is 5.56 Å². The average Bonchev–Trinajstić information content (AvgIpc) is 2.38. The van der Waals surface area contributed by atoms with Gasteiger partial charge < -0.3 is 10.3 Å². The molecule has 0 atom stereocenters. The molecule has 5 nitrogen and oxygen atoms in total. The Kier molecular flexibility index (Phi) is 5.07. The molecule has 0 N–H and O–H groups in total. The van der Waals surface area contributed by atoms with Gasteiger partial charge in [0.15, 0.2) is 0 Å². The summed E-state index contributed by atoms with van der Waals surface area (Å²) in [5.41, 5.74) is 9.03. The summed E-state index contributed by atoms with van der Waals surface area (Å²) in [6, 6.07) is 9.07. The molecule has 0 spiro atoms. The zero-order chi connectivity index (χ0) is 12.5. The van der Waals surface area contributed by atoms with Gasteiger partial charge in [0.2, 0.25) is 0 Å². The highest BCUT2D eigenvalue weighted by atomic mass is 16.5. The van der Waals surface area contributed by atoms with E-state index in [0.29, 0.717) is 6.29 Å². The van der Waals surface area contributed by atoms with Crippen molar-refractivity contribution in [2.75, 3.05) is 0 Å². The molecule has 0 fully saturated rings. The molecule has 0 saturated carbocycles. The molecule has 0 amide bonds. The molecule has 0 aliphatic carbocycles. The lowest BCUT2D eigenvalue weighted by atomic mass is 10.2. The second-order valence-corrected chi connectivity index (χ2v) is 3.04. The zero-order valence-corrected chi connectivity index (χ0v) is 8.95. The van der Waals surface area contributed by atoms with Crippen LogP contribution in [0.15, 0.2) is 42.5 Å². The number of carbonyl (C=O) groups is 2. The highest BCUT2D eigenvalue weighted by Crippen LogP contribution is 2.00. The van der Waals surface area contributed by atoms with Crippen LogP contribution in [0, 0.1) is 0 Å². The van der Waals surface area contributed by atoms with Crippen molar-refractivity contribution in [3.8, 4) is 0 Å². The van der Waals surface area contributed by atoms with Crippen molar-refractivity contribution in [1.29, 1.82) is 0 Å². The molecule has 17 heavy (non-hydrogen) atoms. The number of benzene rings is 1. The lowest BCUT2D eigenvalue weighted by Crippen LogP contribution is -2.16. The van der Waals surface area contributed by atoms with Crippen LogP contribution in [-0.2, 0) is 20.9 Å². The molecule has 5 heteroatoms. The zero-order valence-electron chi connectivity index (χ0n) is 8.95. The Balaban J connectivity index is 2.58. The van der Waals surface area contributed by atoms with E-state index in [0.717, 1.165) is 17.7 Å². The first kappa shape index (κ1) is 12.5. The van der Waals surface area contributed by atoms with E-state index in [-0.39, 0.29) is 12.3 Å². The lowest BCUT2D eigenvalue weighted by molar-refractivity contribution is -0.141. The first-order chi connectivity index (χ1) is 8.27. The fourth-order valence-electron chi connectivity index (χ4n) is 1.07. The minimum atomic E-state index is -0.797. The van der Waals surface area contributed by atoms with E-state index < -0.39 is 5.97 Å². The first-order valence-corrected chi connectivity index (χ1v) is 4.83. The van der Waals surface area contributed by atoms with Gasteiger partial charge in [0.05, 0.1) is 0 Å². The number of carbonyl (C=O) groups excluding carboxylic acids is 2. The Morgan fingerprint density at radius 2 is 2.06 bits per heavy atom. The summed E-state index contributed by atoms with van der Waals surface area (Å²) in [6.45, 7) is 0.0770. The molecule has 0 aliphatic rings. The van der Waals surface area contributed by atoms with E-state index in [2.05, 4.69) is 4.79 Å². The van der Waals surface area contributed by atoms with Gasteiger partial charge in [-0.05, 0) is 11.6 Å². The summed E-state index contributed by atoms with van der Waals surface area (Å²) < 4.78 is 4.88. The van der Waals surface area contributed by atoms with Crippen LogP contribution in [0.2, 0.25) is 0 Å². The third-order valence-corrected chi connectivity index (χ3v) is 1.86. The van der Waals surface area contributed by atoms with Crippen LogP contribution < -0.4 is 0 Å². The SMILES string of the molecule is [N-]=[N+]=C(/C=C/C=O)C(=O)OCc1ccccc1. The maximum absolute atomic E-state index is 11.4. The van der Waals surface area contributed by atoms with Gasteiger partial charge in [-0.1, -0.05) is 30.3 Å². The Morgan fingerprint density at radius 1 is 1.35 bits per heavy atom. The number of hydrogen-bond acceptors (Lipinski definition) is 3. The quantitative estimate of drug-likeness (QED) is 0.190. The fraction of sp³-hybridized carbons (Fsp3) is 0.0833. The van der Waals surface area contributed by atoms with E-state index in [1.165, 1.54) is 0 Å². The highest BCUT2D eigenvalue weighted by Gasteiger charge is 2.18. The molecule has 0 unspecified atom stereocenters. The molecule has 1 rings (SSSR count). The van der Waals surface area contributed by atoms with Crippen LogP contribution in [0.3, 0.4) is 0 Å². The third kappa shape index (κ3) is 4.24. The van der Waals surface area contributed by atoms with Crippen molar-refractivity contribution in [2.45, 2.75) is 6.61 Å². The minimum absolute atomic E-state index is 0.0770. The van der Waals surface area contributed by atoms with Crippen molar-refractivity contribution >= 4 is 18.0 Å². The number of rotatable bonds is 5. The van der Waals surface area contributed by atoms with E-state index in [4.69, 9.17) is 10.3 Å². The molecule has 0 saturated heterocycles. The van der Waals surface area contributed by atoms with E-state index in [9.17, 15) is 9.59 Å². The number of hydrogen-bond donors (Lipinski definition) is 0.